The molecule has 0 saturated carbocycles. The number of amides is 1. The standard InChI is InChI=1S/C14H13Cl2N3O3S/c1-2-22-13(21)10-6-17-14(18-10)23-7-11(20)19-12-8(15)4-3-5-9(12)16/h3-6H,2,7H2,1H3,(H,17,18)(H,19,20). The number of rotatable bonds is 6. The van der Waals surface area contributed by atoms with Gasteiger partial charge in [-0.05, 0) is 19.1 Å². The Balaban J connectivity index is 1.91. The number of aromatic nitrogens is 2. The van der Waals surface area contributed by atoms with E-state index in [0.29, 0.717) is 20.9 Å². The molecule has 0 spiro atoms. The summed E-state index contributed by atoms with van der Waals surface area (Å²) in [5.41, 5.74) is 0.608. The summed E-state index contributed by atoms with van der Waals surface area (Å²) in [7, 11) is 0. The molecule has 0 bridgehead atoms. The van der Waals surface area contributed by atoms with Crippen molar-refractivity contribution in [3.05, 3.63) is 40.1 Å². The fraction of sp³-hybridized carbons (Fsp3) is 0.214. The number of esters is 1. The van der Waals surface area contributed by atoms with Crippen molar-refractivity contribution in [1.82, 2.24) is 9.97 Å². The normalized spacial score (nSPS) is 10.4. The number of aromatic amines is 1. The zero-order valence-electron chi connectivity index (χ0n) is 12.1. The molecule has 0 radical (unpaired) electrons. The van der Waals surface area contributed by atoms with Gasteiger partial charge in [-0.1, -0.05) is 41.0 Å². The Morgan fingerprint density at radius 2 is 2.04 bits per heavy atom. The first-order chi connectivity index (χ1) is 11.0. The van der Waals surface area contributed by atoms with Gasteiger partial charge in [0.1, 0.15) is 5.69 Å². The van der Waals surface area contributed by atoms with Crippen LogP contribution in [0.1, 0.15) is 17.4 Å². The Morgan fingerprint density at radius 3 is 2.70 bits per heavy atom. The third-order valence-electron chi connectivity index (χ3n) is 2.62. The quantitative estimate of drug-likeness (QED) is 0.596. The first kappa shape index (κ1) is 17.7. The summed E-state index contributed by atoms with van der Waals surface area (Å²) in [4.78, 5) is 30.2. The number of thioether (sulfide) groups is 1. The number of nitrogens with zero attached hydrogens (tertiary/aromatic N) is 1. The monoisotopic (exact) mass is 373 g/mol. The van der Waals surface area contributed by atoms with Gasteiger partial charge < -0.3 is 15.0 Å². The number of nitrogens with one attached hydrogen (secondary N) is 2. The van der Waals surface area contributed by atoms with Gasteiger partial charge in [-0.25, -0.2) is 9.78 Å². The van der Waals surface area contributed by atoms with Crippen LogP contribution in [-0.4, -0.2) is 34.2 Å². The summed E-state index contributed by atoms with van der Waals surface area (Å²) in [5.74, 6) is -0.699. The van der Waals surface area contributed by atoms with Gasteiger partial charge in [0.05, 0.1) is 34.3 Å². The smallest absolute Gasteiger partial charge is 0.356 e. The number of benzene rings is 1. The molecule has 0 aliphatic carbocycles. The zero-order valence-corrected chi connectivity index (χ0v) is 14.4. The molecule has 9 heteroatoms. The highest BCUT2D eigenvalue weighted by molar-refractivity contribution is 7.99. The van der Waals surface area contributed by atoms with Crippen molar-refractivity contribution in [1.29, 1.82) is 0 Å². The molecule has 1 aromatic heterocycles. The highest BCUT2D eigenvalue weighted by Crippen LogP contribution is 2.30. The minimum atomic E-state index is -0.487. The number of hydrogen-bond acceptors (Lipinski definition) is 5. The van der Waals surface area contributed by atoms with E-state index in [1.165, 1.54) is 6.20 Å². The second-order valence-electron chi connectivity index (χ2n) is 4.26. The fourth-order valence-corrected chi connectivity index (χ4v) is 2.76. The Labute approximate surface area is 146 Å². The number of imidazole rings is 1. The average Bonchev–Trinajstić information content (AvgIpc) is 2.98. The molecule has 2 N–H and O–H groups in total. The van der Waals surface area contributed by atoms with Crippen LogP contribution in [0.4, 0.5) is 5.69 Å². The van der Waals surface area contributed by atoms with Crippen LogP contribution >= 0.6 is 35.0 Å². The first-order valence-corrected chi connectivity index (χ1v) is 8.34. The highest BCUT2D eigenvalue weighted by atomic mass is 35.5. The van der Waals surface area contributed by atoms with Crippen LogP contribution < -0.4 is 5.32 Å². The lowest BCUT2D eigenvalue weighted by atomic mass is 10.3. The predicted octanol–water partition coefficient (Wildman–Crippen LogP) is 3.62. The molecule has 0 saturated heterocycles. The van der Waals surface area contributed by atoms with Crippen LogP contribution in [0.2, 0.25) is 10.0 Å². The van der Waals surface area contributed by atoms with Crippen LogP contribution in [0.5, 0.6) is 0 Å². The summed E-state index contributed by atoms with van der Waals surface area (Å²) in [6, 6.07) is 4.96. The third kappa shape index (κ3) is 4.89. The van der Waals surface area contributed by atoms with Gasteiger partial charge in [0.2, 0.25) is 5.91 Å². The number of hydrogen-bond donors (Lipinski definition) is 2. The maximum absolute atomic E-state index is 12.0. The number of para-hydroxylation sites is 1. The molecule has 1 amide bonds. The fourth-order valence-electron chi connectivity index (χ4n) is 1.62. The van der Waals surface area contributed by atoms with Crippen LogP contribution in [0, 0.1) is 0 Å². The summed E-state index contributed by atoms with van der Waals surface area (Å²) in [5, 5.41) is 3.80. The molecule has 2 aromatic rings. The number of carbonyl (C=O) groups excluding carboxylic acids is 2. The lowest BCUT2D eigenvalue weighted by Gasteiger charge is -2.08. The summed E-state index contributed by atoms with van der Waals surface area (Å²) >= 11 is 13.1. The van der Waals surface area contributed by atoms with Crippen LogP contribution in [-0.2, 0) is 9.53 Å². The summed E-state index contributed by atoms with van der Waals surface area (Å²) in [6.07, 6.45) is 1.36. The van der Waals surface area contributed by atoms with Gasteiger partial charge in [-0.3, -0.25) is 4.79 Å². The van der Waals surface area contributed by atoms with E-state index in [1.54, 1.807) is 25.1 Å². The molecule has 23 heavy (non-hydrogen) atoms. The van der Waals surface area contributed by atoms with Gasteiger partial charge in [-0.15, -0.1) is 0 Å². The molecule has 0 unspecified atom stereocenters. The summed E-state index contributed by atoms with van der Waals surface area (Å²) in [6.45, 7) is 2.00. The van der Waals surface area contributed by atoms with Crippen molar-refractivity contribution >= 4 is 52.5 Å². The molecular weight excluding hydrogens is 361 g/mol. The van der Waals surface area contributed by atoms with Gasteiger partial charge in [0, 0.05) is 0 Å². The van der Waals surface area contributed by atoms with E-state index < -0.39 is 5.97 Å². The number of H-pyrrole nitrogens is 1. The molecule has 0 aliphatic heterocycles. The minimum absolute atomic E-state index is 0.0807. The molecule has 2 rings (SSSR count). The molecule has 1 aromatic carbocycles. The number of anilines is 1. The van der Waals surface area contributed by atoms with E-state index in [1.807, 2.05) is 0 Å². The van der Waals surface area contributed by atoms with Gasteiger partial charge >= 0.3 is 5.97 Å². The molecule has 0 fully saturated rings. The molecule has 122 valence electrons. The van der Waals surface area contributed by atoms with Gasteiger partial charge in [0.15, 0.2) is 5.16 Å². The molecule has 1 heterocycles. The Bertz CT molecular complexity index is 701. The van der Waals surface area contributed by atoms with Crippen LogP contribution in [0.3, 0.4) is 0 Å². The van der Waals surface area contributed by atoms with Crippen molar-refractivity contribution in [2.45, 2.75) is 12.1 Å². The van der Waals surface area contributed by atoms with Gasteiger partial charge in [-0.2, -0.15) is 0 Å². The minimum Gasteiger partial charge on any atom is -0.461 e. The molecule has 0 atom stereocenters. The second-order valence-corrected chi connectivity index (χ2v) is 6.03. The molecular formula is C14H13Cl2N3O3S. The van der Waals surface area contributed by atoms with E-state index in [9.17, 15) is 9.59 Å². The van der Waals surface area contributed by atoms with Crippen LogP contribution in [0.15, 0.2) is 29.6 Å². The van der Waals surface area contributed by atoms with Crippen molar-refractivity contribution in [2.75, 3.05) is 17.7 Å². The van der Waals surface area contributed by atoms with E-state index in [-0.39, 0.29) is 24.0 Å². The largest absolute Gasteiger partial charge is 0.461 e. The van der Waals surface area contributed by atoms with E-state index >= 15 is 0 Å². The van der Waals surface area contributed by atoms with Crippen molar-refractivity contribution in [3.8, 4) is 0 Å². The molecule has 6 nitrogen and oxygen atoms in total. The number of ether oxygens (including phenoxy) is 1. The first-order valence-electron chi connectivity index (χ1n) is 6.60. The van der Waals surface area contributed by atoms with Crippen LogP contribution in [0.25, 0.3) is 0 Å². The van der Waals surface area contributed by atoms with Crippen molar-refractivity contribution < 1.29 is 14.3 Å². The summed E-state index contributed by atoms with van der Waals surface area (Å²) < 4.78 is 4.84. The lowest BCUT2D eigenvalue weighted by Crippen LogP contribution is -2.14. The second kappa shape index (κ2) is 8.24. The third-order valence-corrected chi connectivity index (χ3v) is 4.13. The lowest BCUT2D eigenvalue weighted by molar-refractivity contribution is -0.113. The SMILES string of the molecule is CCOC(=O)c1cnc(SCC(=O)Nc2c(Cl)cccc2Cl)[nH]1. The van der Waals surface area contributed by atoms with Gasteiger partial charge in [0.25, 0.3) is 0 Å². The van der Waals surface area contributed by atoms with Crippen molar-refractivity contribution in [2.24, 2.45) is 0 Å². The highest BCUT2D eigenvalue weighted by Gasteiger charge is 2.13. The van der Waals surface area contributed by atoms with E-state index in [4.69, 9.17) is 27.9 Å². The van der Waals surface area contributed by atoms with E-state index in [0.717, 1.165) is 11.8 Å². The zero-order chi connectivity index (χ0) is 16.8. The van der Waals surface area contributed by atoms with Crippen molar-refractivity contribution in [3.63, 3.8) is 0 Å². The molecule has 0 aliphatic rings. The number of carbonyl (C=O) groups is 2. The maximum atomic E-state index is 12.0. The Hall–Kier alpha value is -1.70. The Morgan fingerprint density at radius 1 is 1.35 bits per heavy atom. The Kier molecular flexibility index (Phi) is 6.32. The van der Waals surface area contributed by atoms with E-state index in [2.05, 4.69) is 15.3 Å². The average molecular weight is 374 g/mol. The maximum Gasteiger partial charge on any atom is 0.356 e. The predicted molar refractivity (Wildman–Crippen MR) is 90.4 cm³/mol. The number of halogens is 2. The topological polar surface area (TPSA) is 84.1 Å².